The lowest BCUT2D eigenvalue weighted by Gasteiger charge is -2.27. The Morgan fingerprint density at radius 1 is 0.822 bits per heavy atom. The van der Waals surface area contributed by atoms with Gasteiger partial charge in [0.05, 0.1) is 12.4 Å². The van der Waals surface area contributed by atoms with E-state index in [0.717, 1.165) is 10.9 Å². The van der Waals surface area contributed by atoms with Crippen LogP contribution in [0.2, 0.25) is 0 Å². The summed E-state index contributed by atoms with van der Waals surface area (Å²) in [7, 11) is 0. The molecule has 0 saturated carbocycles. The first-order valence-electron chi connectivity index (χ1n) is 24.7. The molecule has 0 aliphatic carbocycles. The molecule has 3 heterocycles. The highest BCUT2D eigenvalue weighted by atomic mass is 16.2. The first kappa shape index (κ1) is 56.0. The van der Waals surface area contributed by atoms with Crippen LogP contribution in [0.5, 0.6) is 0 Å². The van der Waals surface area contributed by atoms with Crippen LogP contribution in [0.25, 0.3) is 10.9 Å². The average molecular weight is 1010 g/mol. The molecule has 0 spiro atoms. The molecule has 22 nitrogen and oxygen atoms in total. The summed E-state index contributed by atoms with van der Waals surface area (Å²) < 4.78 is 0. The van der Waals surface area contributed by atoms with Crippen molar-refractivity contribution in [2.45, 2.75) is 128 Å². The molecule has 1 fully saturated rings. The summed E-state index contributed by atoms with van der Waals surface area (Å²) in [6.07, 6.45) is 4.87. The van der Waals surface area contributed by atoms with Crippen LogP contribution in [0.15, 0.2) is 78.3 Å². The number of amides is 7. The molecule has 22 heteroatoms. The maximum Gasteiger partial charge on any atom is 0.243 e. The first-order valence-corrected chi connectivity index (χ1v) is 24.7. The average Bonchev–Trinajstić information content (AvgIpc) is 4.03. The van der Waals surface area contributed by atoms with Crippen LogP contribution in [0.1, 0.15) is 94.9 Å². The third-order valence-corrected chi connectivity index (χ3v) is 12.7. The van der Waals surface area contributed by atoms with Crippen molar-refractivity contribution in [1.82, 2.24) is 46.9 Å². The Balaban J connectivity index is 1.52. The number of H-pyrrole nitrogens is 2. The van der Waals surface area contributed by atoms with E-state index < -0.39 is 101 Å². The van der Waals surface area contributed by atoms with Crippen LogP contribution in [0, 0.1) is 11.8 Å². The summed E-state index contributed by atoms with van der Waals surface area (Å²) in [6.45, 7) is 3.16. The molecule has 0 unspecified atom stereocenters. The molecular weight excluding hydrogens is 939 g/mol. The fourth-order valence-electron chi connectivity index (χ4n) is 8.75. The molecule has 1 saturated heterocycles. The topological polar surface area (TPSA) is 361 Å². The third kappa shape index (κ3) is 18.0. The Bertz CT molecular complexity index is 2560. The molecule has 2 aromatic carbocycles. The molecule has 4 aromatic rings. The fourth-order valence-corrected chi connectivity index (χ4v) is 8.75. The van der Waals surface area contributed by atoms with Gasteiger partial charge in [-0.15, -0.1) is 0 Å². The van der Waals surface area contributed by atoms with Gasteiger partial charge >= 0.3 is 0 Å². The van der Waals surface area contributed by atoms with Gasteiger partial charge in [-0.05, 0) is 55.7 Å². The number of aromatic amines is 2. The van der Waals surface area contributed by atoms with Crippen LogP contribution < -0.4 is 49.1 Å². The molecule has 7 atom stereocenters. The number of carbonyl (C=O) groups is 9. The van der Waals surface area contributed by atoms with Crippen molar-refractivity contribution in [1.29, 1.82) is 0 Å². The third-order valence-electron chi connectivity index (χ3n) is 12.7. The zero-order valence-corrected chi connectivity index (χ0v) is 41.4. The number of aliphatic imine (C=N–C) groups is 1. The van der Waals surface area contributed by atoms with E-state index in [2.05, 4.69) is 51.8 Å². The zero-order valence-electron chi connectivity index (χ0n) is 41.4. The second kappa shape index (κ2) is 28.2. The van der Waals surface area contributed by atoms with Gasteiger partial charge in [0.25, 0.3) is 0 Å². The van der Waals surface area contributed by atoms with Crippen LogP contribution in [0.4, 0.5) is 0 Å². The molecule has 73 heavy (non-hydrogen) atoms. The van der Waals surface area contributed by atoms with Crippen molar-refractivity contribution in [3.8, 4) is 0 Å². The van der Waals surface area contributed by atoms with Gasteiger partial charge in [0.1, 0.15) is 30.0 Å². The summed E-state index contributed by atoms with van der Waals surface area (Å²) in [6, 6.07) is 10.1. The second-order valence-corrected chi connectivity index (χ2v) is 18.4. The lowest BCUT2D eigenvalue weighted by atomic mass is 9.84. The van der Waals surface area contributed by atoms with Gasteiger partial charge in [0, 0.05) is 92.9 Å². The van der Waals surface area contributed by atoms with Gasteiger partial charge in [0.15, 0.2) is 11.7 Å². The lowest BCUT2D eigenvalue weighted by Crippen LogP contribution is -2.58. The van der Waals surface area contributed by atoms with Crippen molar-refractivity contribution in [2.24, 2.45) is 34.0 Å². The number of unbranched alkanes of at least 4 members (excludes halogenated alkanes) is 1. The number of nitrogens with two attached hydrogens (primary N) is 3. The van der Waals surface area contributed by atoms with Gasteiger partial charge in [-0.3, -0.25) is 48.1 Å². The molecule has 0 bridgehead atoms. The summed E-state index contributed by atoms with van der Waals surface area (Å²) >= 11 is 0. The number of rotatable bonds is 19. The first-order chi connectivity index (χ1) is 35.0. The van der Waals surface area contributed by atoms with E-state index >= 15 is 0 Å². The number of carbonyl (C=O) groups excluding carboxylic acids is 9. The summed E-state index contributed by atoms with van der Waals surface area (Å²) in [5.41, 5.74) is 19.7. The van der Waals surface area contributed by atoms with Gasteiger partial charge in [-0.1, -0.05) is 68.3 Å². The number of Topliss-reactive ketones (excluding diaryl/α,β-unsaturated/α-hetero) is 2. The molecular formula is C51H69N13O9. The molecule has 0 radical (unpaired) electrons. The molecule has 14 N–H and O–H groups in total. The molecule has 2 aromatic heterocycles. The van der Waals surface area contributed by atoms with Gasteiger partial charge in [0.2, 0.25) is 41.4 Å². The van der Waals surface area contributed by atoms with E-state index in [1.807, 2.05) is 31.2 Å². The van der Waals surface area contributed by atoms with Crippen LogP contribution in [-0.2, 0) is 62.4 Å². The number of ketones is 2. The smallest absolute Gasteiger partial charge is 0.243 e. The molecule has 7 amide bonds. The van der Waals surface area contributed by atoms with Gasteiger partial charge in [-0.2, -0.15) is 0 Å². The highest BCUT2D eigenvalue weighted by molar-refractivity contribution is 5.98. The normalized spacial score (nSPS) is 20.4. The number of imidazole rings is 1. The quantitative estimate of drug-likeness (QED) is 0.0349. The van der Waals surface area contributed by atoms with E-state index in [0.29, 0.717) is 29.7 Å². The summed E-state index contributed by atoms with van der Waals surface area (Å²) in [5, 5.41) is 17.2. The second-order valence-electron chi connectivity index (χ2n) is 18.4. The largest absolute Gasteiger partial charge is 0.370 e. The van der Waals surface area contributed by atoms with Crippen molar-refractivity contribution in [3.05, 3.63) is 90.1 Å². The van der Waals surface area contributed by atoms with Crippen molar-refractivity contribution >= 4 is 69.8 Å². The fraction of sp³-hybridized carbons (Fsp3) is 0.471. The van der Waals surface area contributed by atoms with Crippen LogP contribution in [-0.4, -0.2) is 117 Å². The zero-order chi connectivity index (χ0) is 52.9. The Kier molecular flexibility index (Phi) is 21.6. The number of benzene rings is 2. The predicted molar refractivity (Wildman–Crippen MR) is 271 cm³/mol. The minimum absolute atomic E-state index is 0.00419. The Morgan fingerprint density at radius 2 is 1.56 bits per heavy atom. The van der Waals surface area contributed by atoms with E-state index in [9.17, 15) is 43.2 Å². The number of primary amides is 1. The highest BCUT2D eigenvalue weighted by Gasteiger charge is 2.35. The molecule has 392 valence electrons. The molecule has 1 aliphatic rings. The minimum Gasteiger partial charge on any atom is -0.370 e. The standard InChI is InChI=1S/C51H69N13O9/c1-3-4-15-38(60-30(2)65)48(71)61-39-17-18-45(68)56-21-19-33(47(70)63-41(46(52)69)23-34-27-58-37-16-9-8-14-36(34)37)25-43(66)32(13-10-20-57-51(53)54)24-44(67)40(22-31-11-6-5-7-12-31)62-50(73)42(64-49(39)72)26-35-28-55-29-59-35/h5-9,11-12,14,16,27-29,32-33,38-42,58H,3-4,10,13,15,17-26H2,1-2H3,(H2,52,69)(H,55,59)(H,56,68)(H,60,65)(H,61,71)(H,62,73)(H,63,70)(H,64,72)(H4,53,54,57)/t32-,33-,38+,39+,40-,41-,42+/m1/s1. The van der Waals surface area contributed by atoms with Crippen molar-refractivity contribution in [2.75, 3.05) is 13.1 Å². The number of nitrogens with zero attached hydrogens (tertiary/aromatic N) is 2. The van der Waals surface area contributed by atoms with Crippen molar-refractivity contribution < 1.29 is 43.2 Å². The maximum atomic E-state index is 14.7. The van der Waals surface area contributed by atoms with Crippen LogP contribution >= 0.6 is 0 Å². The number of aromatic nitrogens is 3. The number of guanidine groups is 1. The predicted octanol–water partition coefficient (Wildman–Crippen LogP) is 0.543. The van der Waals surface area contributed by atoms with E-state index in [-0.39, 0.29) is 83.3 Å². The summed E-state index contributed by atoms with van der Waals surface area (Å²) in [4.78, 5) is 139. The lowest BCUT2D eigenvalue weighted by molar-refractivity contribution is -0.135. The minimum atomic E-state index is -1.41. The van der Waals surface area contributed by atoms with Gasteiger partial charge in [-0.25, -0.2) is 4.98 Å². The molecule has 1 aliphatic heterocycles. The number of nitrogens with one attached hydrogen (secondary N) is 8. The SMILES string of the molecule is CCCC[C@H](NC(C)=O)C(=O)N[C@H]1CCC(=O)NCC[C@@H](C(=O)N[C@H](Cc2c[nH]c3ccccc23)C(N)=O)CC(=O)[C@H](CCCN=C(N)N)CC(=O)[C@@H](Cc2ccccc2)NC(=O)[C@H](Cc2cnc[nH]2)NC1=O. The highest BCUT2D eigenvalue weighted by Crippen LogP contribution is 2.24. The Hall–Kier alpha value is -7.91. The van der Waals surface area contributed by atoms with Crippen molar-refractivity contribution in [3.63, 3.8) is 0 Å². The monoisotopic (exact) mass is 1010 g/mol. The number of fused-ring (bicyclic) bond motifs is 1. The van der Waals surface area contributed by atoms with E-state index in [1.165, 1.54) is 19.4 Å². The number of hydrogen-bond donors (Lipinski definition) is 11. The number of hydrogen-bond acceptors (Lipinski definition) is 11. The van der Waals surface area contributed by atoms with E-state index in [1.54, 1.807) is 36.5 Å². The molecule has 5 rings (SSSR count). The van der Waals surface area contributed by atoms with Gasteiger partial charge < -0.3 is 59.1 Å². The maximum absolute atomic E-state index is 14.7. The van der Waals surface area contributed by atoms with Crippen LogP contribution in [0.3, 0.4) is 0 Å². The summed E-state index contributed by atoms with van der Waals surface area (Å²) in [5.74, 6) is -8.19. The van der Waals surface area contributed by atoms with E-state index in [4.69, 9.17) is 17.2 Å². The number of para-hydroxylation sites is 1. The Morgan fingerprint density at radius 3 is 2.26 bits per heavy atom. The Labute approximate surface area is 423 Å².